The molecule has 98 valence electrons. The standard InChI is InChI=1S/C15H28OSi/c1-15(2,3)17(4,5)16-14-11-7-9-12-8-6-10-13(12)14/h6,8,12-14H,7,9-11H2,1-5H3. The smallest absolute Gasteiger partial charge is 0.192 e. The van der Waals surface area contributed by atoms with Crippen molar-refractivity contribution in [3.8, 4) is 0 Å². The van der Waals surface area contributed by atoms with E-state index in [4.69, 9.17) is 4.43 Å². The van der Waals surface area contributed by atoms with E-state index in [0.29, 0.717) is 11.1 Å². The van der Waals surface area contributed by atoms with Crippen LogP contribution in [0.2, 0.25) is 18.1 Å². The summed E-state index contributed by atoms with van der Waals surface area (Å²) in [4.78, 5) is 0. The quantitative estimate of drug-likeness (QED) is 0.509. The highest BCUT2D eigenvalue weighted by atomic mass is 28.4. The Balaban J connectivity index is 2.03. The molecule has 0 aromatic carbocycles. The molecular weight excluding hydrogens is 224 g/mol. The highest BCUT2D eigenvalue weighted by Crippen LogP contribution is 2.44. The lowest BCUT2D eigenvalue weighted by molar-refractivity contribution is 0.0637. The number of hydrogen-bond acceptors (Lipinski definition) is 1. The van der Waals surface area contributed by atoms with Gasteiger partial charge in [0, 0.05) is 6.10 Å². The van der Waals surface area contributed by atoms with Crippen LogP contribution in [0.25, 0.3) is 0 Å². The highest BCUT2D eigenvalue weighted by Gasteiger charge is 2.43. The summed E-state index contributed by atoms with van der Waals surface area (Å²) < 4.78 is 6.66. The van der Waals surface area contributed by atoms with Gasteiger partial charge in [-0.3, -0.25) is 0 Å². The van der Waals surface area contributed by atoms with Gasteiger partial charge in [0.2, 0.25) is 0 Å². The lowest BCUT2D eigenvalue weighted by Crippen LogP contribution is -2.47. The topological polar surface area (TPSA) is 9.23 Å². The van der Waals surface area contributed by atoms with Gasteiger partial charge in [0.25, 0.3) is 0 Å². The lowest BCUT2D eigenvalue weighted by atomic mass is 9.79. The van der Waals surface area contributed by atoms with Crippen molar-refractivity contribution in [3.05, 3.63) is 12.2 Å². The van der Waals surface area contributed by atoms with E-state index >= 15 is 0 Å². The van der Waals surface area contributed by atoms with E-state index < -0.39 is 8.32 Å². The first-order valence-corrected chi connectivity index (χ1v) is 10.1. The second-order valence-corrected chi connectivity index (χ2v) is 12.1. The maximum absolute atomic E-state index is 6.66. The normalized spacial score (nSPS) is 33.8. The predicted molar refractivity (Wildman–Crippen MR) is 76.7 cm³/mol. The van der Waals surface area contributed by atoms with Gasteiger partial charge in [-0.05, 0) is 49.2 Å². The summed E-state index contributed by atoms with van der Waals surface area (Å²) in [5, 5.41) is 0.339. The van der Waals surface area contributed by atoms with Gasteiger partial charge in [-0.2, -0.15) is 0 Å². The van der Waals surface area contributed by atoms with Gasteiger partial charge in [-0.15, -0.1) is 0 Å². The Bertz CT molecular complexity index is 301. The molecule has 0 amide bonds. The van der Waals surface area contributed by atoms with E-state index in [0.717, 1.165) is 11.8 Å². The molecule has 3 atom stereocenters. The van der Waals surface area contributed by atoms with E-state index in [-0.39, 0.29) is 0 Å². The molecule has 0 radical (unpaired) electrons. The van der Waals surface area contributed by atoms with Gasteiger partial charge < -0.3 is 4.43 Å². The Morgan fingerprint density at radius 3 is 2.53 bits per heavy atom. The minimum Gasteiger partial charge on any atom is -0.414 e. The Labute approximate surface area is 108 Å². The molecule has 2 aliphatic carbocycles. The van der Waals surface area contributed by atoms with Gasteiger partial charge in [0.15, 0.2) is 8.32 Å². The van der Waals surface area contributed by atoms with E-state index in [9.17, 15) is 0 Å². The number of rotatable bonds is 2. The maximum atomic E-state index is 6.66. The molecule has 1 fully saturated rings. The molecule has 2 rings (SSSR count). The Morgan fingerprint density at radius 1 is 1.18 bits per heavy atom. The Hall–Kier alpha value is -0.0831. The monoisotopic (exact) mass is 252 g/mol. The largest absolute Gasteiger partial charge is 0.414 e. The van der Waals surface area contributed by atoms with Crippen LogP contribution in [0.1, 0.15) is 46.5 Å². The fourth-order valence-electron chi connectivity index (χ4n) is 2.94. The summed E-state index contributed by atoms with van der Waals surface area (Å²) in [5.74, 6) is 1.61. The highest BCUT2D eigenvalue weighted by molar-refractivity contribution is 6.74. The zero-order valence-electron chi connectivity index (χ0n) is 12.1. The first-order chi connectivity index (χ1) is 7.81. The van der Waals surface area contributed by atoms with Gasteiger partial charge in [0.05, 0.1) is 0 Å². The molecule has 1 saturated carbocycles. The minimum atomic E-state index is -1.58. The van der Waals surface area contributed by atoms with E-state index in [1.807, 2.05) is 0 Å². The zero-order valence-corrected chi connectivity index (χ0v) is 13.1. The van der Waals surface area contributed by atoms with Gasteiger partial charge >= 0.3 is 0 Å². The summed E-state index contributed by atoms with van der Waals surface area (Å²) in [6.07, 6.45) is 10.6. The van der Waals surface area contributed by atoms with Gasteiger partial charge in [-0.25, -0.2) is 0 Å². The van der Waals surface area contributed by atoms with Crippen LogP contribution in [0.3, 0.4) is 0 Å². The number of hydrogen-bond donors (Lipinski definition) is 0. The third-order valence-corrected chi connectivity index (χ3v) is 9.60. The van der Waals surface area contributed by atoms with Crippen molar-refractivity contribution in [2.24, 2.45) is 11.8 Å². The third kappa shape index (κ3) is 2.68. The molecule has 3 unspecified atom stereocenters. The van der Waals surface area contributed by atoms with Crippen LogP contribution in [-0.2, 0) is 4.43 Å². The number of fused-ring (bicyclic) bond motifs is 1. The SMILES string of the molecule is CC(C)(C)[Si](C)(C)OC1CCCC2C=CCC21. The first-order valence-electron chi connectivity index (χ1n) is 7.16. The Morgan fingerprint density at radius 2 is 1.88 bits per heavy atom. The van der Waals surface area contributed by atoms with E-state index in [2.05, 4.69) is 46.0 Å². The van der Waals surface area contributed by atoms with Crippen LogP contribution < -0.4 is 0 Å². The molecular formula is C15H28OSi. The molecule has 17 heavy (non-hydrogen) atoms. The van der Waals surface area contributed by atoms with Crippen LogP contribution in [0.15, 0.2) is 12.2 Å². The molecule has 0 saturated heterocycles. The summed E-state index contributed by atoms with van der Waals surface area (Å²) in [7, 11) is -1.58. The second kappa shape index (κ2) is 4.54. The van der Waals surface area contributed by atoms with Crippen LogP contribution in [0, 0.1) is 11.8 Å². The van der Waals surface area contributed by atoms with Crippen LogP contribution in [0.4, 0.5) is 0 Å². The molecule has 1 nitrogen and oxygen atoms in total. The lowest BCUT2D eigenvalue weighted by Gasteiger charge is -2.43. The molecule has 2 aliphatic rings. The summed E-state index contributed by atoms with van der Waals surface area (Å²) in [5.41, 5.74) is 0. The minimum absolute atomic E-state index is 0.339. The van der Waals surface area contributed by atoms with E-state index in [1.165, 1.54) is 25.7 Å². The molecule has 0 bridgehead atoms. The zero-order chi connectivity index (χ0) is 12.7. The average Bonchev–Trinajstić information content (AvgIpc) is 2.64. The van der Waals surface area contributed by atoms with Gasteiger partial charge in [-0.1, -0.05) is 39.3 Å². The predicted octanol–water partition coefficient (Wildman–Crippen LogP) is 4.75. The molecule has 0 aromatic heterocycles. The molecule has 0 spiro atoms. The first kappa shape index (κ1) is 13.4. The van der Waals surface area contributed by atoms with E-state index in [1.54, 1.807) is 0 Å². The molecule has 0 aliphatic heterocycles. The van der Waals surface area contributed by atoms with Crippen molar-refractivity contribution in [2.75, 3.05) is 0 Å². The molecule has 0 N–H and O–H groups in total. The Kier molecular flexibility index (Phi) is 3.57. The van der Waals surface area contributed by atoms with Crippen molar-refractivity contribution in [3.63, 3.8) is 0 Å². The maximum Gasteiger partial charge on any atom is 0.192 e. The third-order valence-electron chi connectivity index (χ3n) is 5.10. The molecule has 0 aromatic rings. The number of allylic oxidation sites excluding steroid dienone is 2. The van der Waals surface area contributed by atoms with Crippen molar-refractivity contribution in [2.45, 2.75) is 70.7 Å². The fraction of sp³-hybridized carbons (Fsp3) is 0.867. The van der Waals surface area contributed by atoms with Gasteiger partial charge in [0.1, 0.15) is 0 Å². The van der Waals surface area contributed by atoms with Crippen molar-refractivity contribution >= 4 is 8.32 Å². The van der Waals surface area contributed by atoms with Crippen molar-refractivity contribution < 1.29 is 4.43 Å². The molecule has 0 heterocycles. The summed E-state index contributed by atoms with van der Waals surface area (Å²) in [6, 6.07) is 0. The van der Waals surface area contributed by atoms with Crippen LogP contribution in [0.5, 0.6) is 0 Å². The van der Waals surface area contributed by atoms with Crippen LogP contribution in [-0.4, -0.2) is 14.4 Å². The molecule has 2 heteroatoms. The average molecular weight is 252 g/mol. The van der Waals surface area contributed by atoms with Crippen molar-refractivity contribution in [1.82, 2.24) is 0 Å². The van der Waals surface area contributed by atoms with Crippen molar-refractivity contribution in [1.29, 1.82) is 0 Å². The fourth-order valence-corrected chi connectivity index (χ4v) is 4.34. The second-order valence-electron chi connectivity index (χ2n) is 7.34. The van der Waals surface area contributed by atoms with Crippen LogP contribution >= 0.6 is 0 Å². The summed E-state index contributed by atoms with van der Waals surface area (Å²) in [6.45, 7) is 11.8. The summed E-state index contributed by atoms with van der Waals surface area (Å²) >= 11 is 0.